The Balaban J connectivity index is 2.31. The van der Waals surface area contributed by atoms with Gasteiger partial charge in [0.25, 0.3) is 0 Å². The van der Waals surface area contributed by atoms with Crippen molar-refractivity contribution in [3.63, 3.8) is 0 Å². The fourth-order valence-electron chi connectivity index (χ4n) is 1.36. The molecule has 0 aliphatic rings. The van der Waals surface area contributed by atoms with E-state index < -0.39 is 21.6 Å². The summed E-state index contributed by atoms with van der Waals surface area (Å²) >= 11 is 0. The van der Waals surface area contributed by atoms with Crippen molar-refractivity contribution in [3.05, 3.63) is 29.8 Å². The summed E-state index contributed by atoms with van der Waals surface area (Å²) in [6.07, 6.45) is 0.281. The summed E-state index contributed by atoms with van der Waals surface area (Å²) in [5.41, 5.74) is 1.12. The zero-order valence-corrected chi connectivity index (χ0v) is 10.9. The predicted molar refractivity (Wildman–Crippen MR) is 67.6 cm³/mol. The number of ether oxygens (including phenoxy) is 1. The van der Waals surface area contributed by atoms with E-state index in [1.807, 2.05) is 19.1 Å². The quantitative estimate of drug-likeness (QED) is 0.756. The lowest BCUT2D eigenvalue weighted by atomic mass is 10.2. The van der Waals surface area contributed by atoms with Gasteiger partial charge in [-0.3, -0.25) is 4.79 Å². The Bertz CT molecular complexity index is 490. The topological polar surface area (TPSA) is 80.7 Å². The van der Waals surface area contributed by atoms with Crippen LogP contribution in [0.2, 0.25) is 0 Å². The molecule has 0 amide bonds. The molecule has 1 aromatic carbocycles. The van der Waals surface area contributed by atoms with Crippen LogP contribution in [0.15, 0.2) is 24.3 Å². The van der Waals surface area contributed by atoms with Gasteiger partial charge in [0.1, 0.15) is 11.5 Å². The Morgan fingerprint density at radius 1 is 1.28 bits per heavy atom. The van der Waals surface area contributed by atoms with Crippen LogP contribution < -0.4 is 4.74 Å². The molecule has 5 nitrogen and oxygen atoms in total. The highest BCUT2D eigenvalue weighted by molar-refractivity contribution is 7.92. The molecule has 0 fully saturated rings. The van der Waals surface area contributed by atoms with Crippen molar-refractivity contribution in [1.29, 1.82) is 0 Å². The largest absolute Gasteiger partial charge is 0.494 e. The third-order valence-corrected chi connectivity index (χ3v) is 3.83. The fraction of sp³-hybridized carbons (Fsp3) is 0.417. The zero-order valence-electron chi connectivity index (χ0n) is 10.1. The lowest BCUT2D eigenvalue weighted by Gasteiger charge is -2.06. The molecule has 0 aliphatic heterocycles. The minimum Gasteiger partial charge on any atom is -0.494 e. The average molecular weight is 272 g/mol. The lowest BCUT2D eigenvalue weighted by Crippen LogP contribution is -2.19. The molecule has 6 heteroatoms. The molecular formula is C12H16O5S. The Hall–Kier alpha value is -1.56. The number of rotatable bonds is 7. The van der Waals surface area contributed by atoms with Gasteiger partial charge in [0.15, 0.2) is 9.84 Å². The van der Waals surface area contributed by atoms with E-state index in [4.69, 9.17) is 9.84 Å². The SMILES string of the molecule is Cc1ccc(OCCCS(=O)(=O)CC(=O)O)cc1. The summed E-state index contributed by atoms with van der Waals surface area (Å²) in [6, 6.07) is 7.41. The summed E-state index contributed by atoms with van der Waals surface area (Å²) in [6.45, 7) is 2.21. The van der Waals surface area contributed by atoms with Gasteiger partial charge in [-0.1, -0.05) is 17.7 Å². The molecule has 0 spiro atoms. The Morgan fingerprint density at radius 2 is 1.89 bits per heavy atom. The molecule has 0 aromatic heterocycles. The van der Waals surface area contributed by atoms with E-state index in [0.717, 1.165) is 5.56 Å². The molecule has 0 saturated carbocycles. The van der Waals surface area contributed by atoms with Gasteiger partial charge in [-0.05, 0) is 25.5 Å². The van der Waals surface area contributed by atoms with Gasteiger partial charge >= 0.3 is 5.97 Å². The molecular weight excluding hydrogens is 256 g/mol. The van der Waals surface area contributed by atoms with Gasteiger partial charge in [0.2, 0.25) is 0 Å². The molecule has 1 rings (SSSR count). The Kier molecular flexibility index (Phi) is 5.15. The zero-order chi connectivity index (χ0) is 13.6. The predicted octanol–water partition coefficient (Wildman–Crippen LogP) is 1.26. The van der Waals surface area contributed by atoms with Gasteiger partial charge in [-0.2, -0.15) is 0 Å². The highest BCUT2D eigenvalue weighted by Gasteiger charge is 2.15. The van der Waals surface area contributed by atoms with Crippen LogP contribution in [-0.2, 0) is 14.6 Å². The van der Waals surface area contributed by atoms with Crippen molar-refractivity contribution < 1.29 is 23.1 Å². The maximum atomic E-state index is 11.3. The van der Waals surface area contributed by atoms with Crippen LogP contribution in [0.25, 0.3) is 0 Å². The minimum absolute atomic E-state index is 0.175. The minimum atomic E-state index is -3.52. The molecule has 0 radical (unpaired) electrons. The summed E-state index contributed by atoms with van der Waals surface area (Å²) in [7, 11) is -3.52. The van der Waals surface area contributed by atoms with Gasteiger partial charge < -0.3 is 9.84 Å². The van der Waals surface area contributed by atoms with Gasteiger partial charge in [0.05, 0.1) is 12.4 Å². The maximum Gasteiger partial charge on any atom is 0.318 e. The smallest absolute Gasteiger partial charge is 0.318 e. The van der Waals surface area contributed by atoms with Crippen molar-refractivity contribution in [2.45, 2.75) is 13.3 Å². The number of hydrogen-bond donors (Lipinski definition) is 1. The third kappa shape index (κ3) is 5.67. The van der Waals surface area contributed by atoms with Gasteiger partial charge in [-0.25, -0.2) is 8.42 Å². The number of carboxylic acids is 1. The molecule has 0 unspecified atom stereocenters. The Morgan fingerprint density at radius 3 is 2.44 bits per heavy atom. The standard InChI is InChI=1S/C12H16O5S/c1-10-3-5-11(6-4-10)17-7-2-8-18(15,16)9-12(13)14/h3-6H,2,7-9H2,1H3,(H,13,14). The van der Waals surface area contributed by atoms with E-state index >= 15 is 0 Å². The van der Waals surface area contributed by atoms with Crippen LogP contribution in [0.3, 0.4) is 0 Å². The monoisotopic (exact) mass is 272 g/mol. The first-order valence-corrected chi connectivity index (χ1v) is 7.33. The van der Waals surface area contributed by atoms with E-state index in [-0.39, 0.29) is 18.8 Å². The molecule has 1 N–H and O–H groups in total. The first kappa shape index (κ1) is 14.5. The summed E-state index contributed by atoms with van der Waals surface area (Å²) in [4.78, 5) is 10.3. The van der Waals surface area contributed by atoms with E-state index in [9.17, 15) is 13.2 Å². The van der Waals surface area contributed by atoms with E-state index in [1.165, 1.54) is 0 Å². The number of carboxylic acid groups (broad SMARTS) is 1. The number of sulfone groups is 1. The highest BCUT2D eigenvalue weighted by atomic mass is 32.2. The van der Waals surface area contributed by atoms with Crippen molar-refractivity contribution in [2.75, 3.05) is 18.1 Å². The van der Waals surface area contributed by atoms with E-state index in [2.05, 4.69) is 0 Å². The van der Waals surface area contributed by atoms with Crippen LogP contribution in [0.1, 0.15) is 12.0 Å². The van der Waals surface area contributed by atoms with Crippen LogP contribution in [0.5, 0.6) is 5.75 Å². The molecule has 1 aromatic rings. The third-order valence-electron chi connectivity index (χ3n) is 2.23. The normalized spacial score (nSPS) is 11.2. The van der Waals surface area contributed by atoms with Crippen molar-refractivity contribution in [2.24, 2.45) is 0 Å². The fourth-order valence-corrected chi connectivity index (χ4v) is 2.44. The van der Waals surface area contributed by atoms with Crippen LogP contribution in [-0.4, -0.2) is 37.6 Å². The molecule has 0 bridgehead atoms. The van der Waals surface area contributed by atoms with Crippen molar-refractivity contribution >= 4 is 15.8 Å². The average Bonchev–Trinajstić information content (AvgIpc) is 2.25. The summed E-state index contributed by atoms with van der Waals surface area (Å²) in [5.74, 6) is -1.64. The number of hydrogen-bond acceptors (Lipinski definition) is 4. The molecule has 0 aliphatic carbocycles. The summed E-state index contributed by atoms with van der Waals surface area (Å²) in [5, 5.41) is 8.40. The number of aliphatic carboxylic acids is 1. The van der Waals surface area contributed by atoms with Gasteiger partial charge in [0, 0.05) is 0 Å². The molecule has 0 atom stereocenters. The summed E-state index contributed by atoms with van der Waals surface area (Å²) < 4.78 is 27.9. The van der Waals surface area contributed by atoms with Gasteiger partial charge in [-0.15, -0.1) is 0 Å². The maximum absolute atomic E-state index is 11.3. The molecule has 0 heterocycles. The van der Waals surface area contributed by atoms with Crippen molar-refractivity contribution in [3.8, 4) is 5.75 Å². The van der Waals surface area contributed by atoms with E-state index in [0.29, 0.717) is 5.75 Å². The van der Waals surface area contributed by atoms with Crippen LogP contribution >= 0.6 is 0 Å². The molecule has 18 heavy (non-hydrogen) atoms. The van der Waals surface area contributed by atoms with Crippen LogP contribution in [0.4, 0.5) is 0 Å². The molecule has 0 saturated heterocycles. The van der Waals surface area contributed by atoms with Crippen molar-refractivity contribution in [1.82, 2.24) is 0 Å². The van der Waals surface area contributed by atoms with E-state index in [1.54, 1.807) is 12.1 Å². The second-order valence-electron chi connectivity index (χ2n) is 4.00. The second-order valence-corrected chi connectivity index (χ2v) is 6.18. The second kappa shape index (κ2) is 6.39. The first-order valence-electron chi connectivity index (χ1n) is 5.51. The number of aryl methyl sites for hydroxylation is 1. The first-order chi connectivity index (χ1) is 8.39. The molecule has 100 valence electrons. The van der Waals surface area contributed by atoms with Crippen LogP contribution in [0, 0.1) is 6.92 Å². The Labute approximate surface area is 106 Å². The number of carbonyl (C=O) groups is 1. The highest BCUT2D eigenvalue weighted by Crippen LogP contribution is 2.11. The number of benzene rings is 1. The lowest BCUT2D eigenvalue weighted by molar-refractivity contribution is -0.134.